The highest BCUT2D eigenvalue weighted by Gasteiger charge is 2.38. The van der Waals surface area contributed by atoms with Crippen LogP contribution >= 0.6 is 0 Å². The lowest BCUT2D eigenvalue weighted by Crippen LogP contribution is -2.53. The molecule has 2 heterocycles. The molecule has 0 spiro atoms. The van der Waals surface area contributed by atoms with Crippen molar-refractivity contribution in [2.24, 2.45) is 5.92 Å². The van der Waals surface area contributed by atoms with Crippen LogP contribution in [0.3, 0.4) is 0 Å². The highest BCUT2D eigenvalue weighted by molar-refractivity contribution is 7.89. The minimum Gasteiger partial charge on any atom is -0.341 e. The summed E-state index contributed by atoms with van der Waals surface area (Å²) in [5, 5.41) is 0. The fraction of sp³-hybridized carbons (Fsp3) is 0.667. The largest absolute Gasteiger partial charge is 0.341 e. The van der Waals surface area contributed by atoms with Gasteiger partial charge >= 0.3 is 0 Å². The van der Waals surface area contributed by atoms with Gasteiger partial charge in [0.05, 0.1) is 10.9 Å². The van der Waals surface area contributed by atoms with E-state index < -0.39 is 10.0 Å². The average Bonchev–Trinajstić information content (AvgIpc) is 3.00. The molecule has 1 amide bonds. The van der Waals surface area contributed by atoms with Gasteiger partial charge in [0.15, 0.2) is 0 Å². The van der Waals surface area contributed by atoms with Gasteiger partial charge in [-0.15, -0.1) is 0 Å². The van der Waals surface area contributed by atoms with Crippen molar-refractivity contribution in [1.82, 2.24) is 14.1 Å². The molecular formula is C21H33N3O3S. The molecule has 0 saturated carbocycles. The monoisotopic (exact) mass is 407 g/mol. The standard InChI is InChI=1S/C21H33N3O3S/c1-16(2)7-9-23-10-8-19(21(23)25)22-11-13-24(14-12-22)28(26,27)20-6-5-17(3)15-18(20)4/h5-6,15-16,19H,7-14H2,1-4H3. The normalized spacial score (nSPS) is 22.4. The van der Waals surface area contributed by atoms with Gasteiger partial charge in [0, 0.05) is 39.3 Å². The summed E-state index contributed by atoms with van der Waals surface area (Å²) in [6, 6.07) is 5.38. The SMILES string of the molecule is Cc1ccc(S(=O)(=O)N2CCN(C3CCN(CCC(C)C)C3=O)CC2)c(C)c1. The summed E-state index contributed by atoms with van der Waals surface area (Å²) in [7, 11) is -3.49. The smallest absolute Gasteiger partial charge is 0.243 e. The Balaban J connectivity index is 1.61. The van der Waals surface area contributed by atoms with E-state index in [-0.39, 0.29) is 11.9 Å². The Bertz CT molecular complexity index is 814. The van der Waals surface area contributed by atoms with Crippen LogP contribution in [0, 0.1) is 19.8 Å². The Hall–Kier alpha value is -1.44. The van der Waals surface area contributed by atoms with Gasteiger partial charge in [-0.05, 0) is 44.2 Å². The maximum Gasteiger partial charge on any atom is 0.243 e. The molecule has 1 unspecified atom stereocenters. The third kappa shape index (κ3) is 4.42. The molecule has 1 aromatic rings. The predicted octanol–water partition coefficient (Wildman–Crippen LogP) is 2.26. The van der Waals surface area contributed by atoms with E-state index in [0.717, 1.165) is 37.1 Å². The second-order valence-electron chi connectivity index (χ2n) is 8.52. The van der Waals surface area contributed by atoms with Crippen molar-refractivity contribution in [1.29, 1.82) is 0 Å². The van der Waals surface area contributed by atoms with Crippen molar-refractivity contribution in [2.45, 2.75) is 51.5 Å². The van der Waals surface area contributed by atoms with E-state index in [1.165, 1.54) is 0 Å². The Kier molecular flexibility index (Phi) is 6.47. The minimum absolute atomic E-state index is 0.0851. The van der Waals surface area contributed by atoms with Crippen molar-refractivity contribution in [3.8, 4) is 0 Å². The number of carbonyl (C=O) groups is 1. The molecule has 0 radical (unpaired) electrons. The third-order valence-electron chi connectivity index (χ3n) is 5.91. The van der Waals surface area contributed by atoms with Crippen molar-refractivity contribution in [2.75, 3.05) is 39.3 Å². The van der Waals surface area contributed by atoms with E-state index in [4.69, 9.17) is 0 Å². The molecule has 2 aliphatic heterocycles. The molecule has 7 heteroatoms. The first-order chi connectivity index (χ1) is 13.2. The summed E-state index contributed by atoms with van der Waals surface area (Å²) >= 11 is 0. The quantitative estimate of drug-likeness (QED) is 0.726. The van der Waals surface area contributed by atoms with Crippen LogP contribution in [0.1, 0.15) is 37.8 Å². The molecule has 0 aliphatic carbocycles. The number of sulfonamides is 1. The number of likely N-dealkylation sites (tertiary alicyclic amines) is 1. The zero-order valence-electron chi connectivity index (χ0n) is 17.5. The lowest BCUT2D eigenvalue weighted by Gasteiger charge is -2.36. The first-order valence-corrected chi connectivity index (χ1v) is 11.7. The molecule has 0 aromatic heterocycles. The molecule has 2 aliphatic rings. The van der Waals surface area contributed by atoms with Gasteiger partial charge in [-0.1, -0.05) is 31.5 Å². The number of benzene rings is 1. The highest BCUT2D eigenvalue weighted by Crippen LogP contribution is 2.25. The van der Waals surface area contributed by atoms with Crippen LogP contribution < -0.4 is 0 Å². The van der Waals surface area contributed by atoms with E-state index in [9.17, 15) is 13.2 Å². The first kappa shape index (κ1) is 21.3. The number of piperazine rings is 1. The summed E-state index contributed by atoms with van der Waals surface area (Å²) in [6.07, 6.45) is 1.88. The van der Waals surface area contributed by atoms with Gasteiger partial charge < -0.3 is 4.90 Å². The Morgan fingerprint density at radius 2 is 1.75 bits per heavy atom. The maximum atomic E-state index is 13.0. The molecule has 2 saturated heterocycles. The molecule has 156 valence electrons. The zero-order chi connectivity index (χ0) is 20.5. The van der Waals surface area contributed by atoms with Crippen LogP contribution in [-0.2, 0) is 14.8 Å². The lowest BCUT2D eigenvalue weighted by molar-refractivity contribution is -0.132. The lowest BCUT2D eigenvalue weighted by atomic mass is 10.1. The summed E-state index contributed by atoms with van der Waals surface area (Å²) in [5.74, 6) is 0.803. The zero-order valence-corrected chi connectivity index (χ0v) is 18.3. The Morgan fingerprint density at radius 1 is 1.07 bits per heavy atom. The minimum atomic E-state index is -3.49. The van der Waals surface area contributed by atoms with E-state index in [1.54, 1.807) is 10.4 Å². The number of hydrogen-bond acceptors (Lipinski definition) is 4. The summed E-state index contributed by atoms with van der Waals surface area (Å²) in [5.41, 5.74) is 1.84. The fourth-order valence-corrected chi connectivity index (χ4v) is 5.81. The van der Waals surface area contributed by atoms with Crippen LogP contribution in [0.5, 0.6) is 0 Å². The summed E-state index contributed by atoms with van der Waals surface area (Å²) in [6.45, 7) is 11.9. The van der Waals surface area contributed by atoms with E-state index >= 15 is 0 Å². The van der Waals surface area contributed by atoms with Gasteiger partial charge in [0.1, 0.15) is 0 Å². The van der Waals surface area contributed by atoms with Gasteiger partial charge in [-0.2, -0.15) is 4.31 Å². The molecule has 1 atom stereocenters. The first-order valence-electron chi connectivity index (χ1n) is 10.3. The van der Waals surface area contributed by atoms with E-state index in [0.29, 0.717) is 37.0 Å². The number of hydrogen-bond donors (Lipinski definition) is 0. The van der Waals surface area contributed by atoms with Crippen LogP contribution in [0.2, 0.25) is 0 Å². The second kappa shape index (κ2) is 8.51. The van der Waals surface area contributed by atoms with Crippen molar-refractivity contribution in [3.05, 3.63) is 29.3 Å². The van der Waals surface area contributed by atoms with Crippen LogP contribution in [0.15, 0.2) is 23.1 Å². The topological polar surface area (TPSA) is 60.9 Å². The summed E-state index contributed by atoms with van der Waals surface area (Å²) in [4.78, 5) is 17.3. The van der Waals surface area contributed by atoms with E-state index in [2.05, 4.69) is 18.7 Å². The van der Waals surface area contributed by atoms with Crippen molar-refractivity contribution >= 4 is 15.9 Å². The van der Waals surface area contributed by atoms with Crippen LogP contribution in [-0.4, -0.2) is 73.7 Å². The van der Waals surface area contributed by atoms with Crippen molar-refractivity contribution in [3.63, 3.8) is 0 Å². The van der Waals surface area contributed by atoms with Gasteiger partial charge in [0.2, 0.25) is 15.9 Å². The third-order valence-corrected chi connectivity index (χ3v) is 7.97. The van der Waals surface area contributed by atoms with Gasteiger partial charge in [0.25, 0.3) is 0 Å². The second-order valence-corrected chi connectivity index (χ2v) is 10.4. The average molecular weight is 408 g/mol. The Morgan fingerprint density at radius 3 is 2.36 bits per heavy atom. The number of aryl methyl sites for hydroxylation is 2. The highest BCUT2D eigenvalue weighted by atomic mass is 32.2. The molecular weight excluding hydrogens is 374 g/mol. The maximum absolute atomic E-state index is 13.0. The van der Waals surface area contributed by atoms with Crippen LogP contribution in [0.4, 0.5) is 0 Å². The van der Waals surface area contributed by atoms with Gasteiger partial charge in [-0.3, -0.25) is 9.69 Å². The molecule has 0 N–H and O–H groups in total. The number of carbonyl (C=O) groups excluding carboxylic acids is 1. The van der Waals surface area contributed by atoms with E-state index in [1.807, 2.05) is 30.9 Å². The number of rotatable bonds is 6. The summed E-state index contributed by atoms with van der Waals surface area (Å²) < 4.78 is 27.7. The molecule has 1 aromatic carbocycles. The Labute approximate surface area is 169 Å². The fourth-order valence-electron chi connectivity index (χ4n) is 4.18. The van der Waals surface area contributed by atoms with Crippen molar-refractivity contribution < 1.29 is 13.2 Å². The molecule has 28 heavy (non-hydrogen) atoms. The molecule has 2 fully saturated rings. The molecule has 6 nitrogen and oxygen atoms in total. The number of amides is 1. The van der Waals surface area contributed by atoms with Crippen LogP contribution in [0.25, 0.3) is 0 Å². The number of nitrogens with zero attached hydrogens (tertiary/aromatic N) is 3. The molecule has 3 rings (SSSR count). The molecule has 0 bridgehead atoms. The predicted molar refractivity (Wildman–Crippen MR) is 111 cm³/mol. The van der Waals surface area contributed by atoms with Gasteiger partial charge in [-0.25, -0.2) is 8.42 Å².